The van der Waals surface area contributed by atoms with Gasteiger partial charge in [-0.05, 0) is 0 Å². The first-order valence-electron chi connectivity index (χ1n) is 3.08. The Hall–Kier alpha value is 0.833. The van der Waals surface area contributed by atoms with E-state index >= 15 is 0 Å². The first-order valence-corrected chi connectivity index (χ1v) is 8.26. The van der Waals surface area contributed by atoms with Crippen molar-refractivity contribution in [3.05, 3.63) is 0 Å². The molecule has 0 unspecified atom stereocenters. The normalized spacial score (nSPS) is 12.0. The van der Waals surface area contributed by atoms with Crippen LogP contribution in [0.2, 0.25) is 9.50 Å². The molecule has 0 spiro atoms. The average molecular weight is 194 g/mol. The maximum atomic E-state index is 6.12. The van der Waals surface area contributed by atoms with Gasteiger partial charge in [-0.1, -0.05) is 0 Å². The molecule has 0 saturated heterocycles. The van der Waals surface area contributed by atoms with Crippen LogP contribution in [-0.2, 0) is 0 Å². The van der Waals surface area contributed by atoms with Crippen LogP contribution in [0.5, 0.6) is 0 Å². The number of halogens is 1. The summed E-state index contributed by atoms with van der Waals surface area (Å²) in [6, 6.07) is 0. The van der Waals surface area contributed by atoms with Crippen LogP contribution in [0.15, 0.2) is 0 Å². The fourth-order valence-electron chi connectivity index (χ4n) is 0.667. The Morgan fingerprint density at radius 1 is 1.00 bits per heavy atom. The van der Waals surface area contributed by atoms with Gasteiger partial charge >= 0.3 is 60.6 Å². The van der Waals surface area contributed by atoms with E-state index in [2.05, 4.69) is 27.7 Å². The van der Waals surface area contributed by atoms with E-state index in [4.69, 9.17) is 10.0 Å². The van der Waals surface area contributed by atoms with E-state index in [1.807, 2.05) is 0 Å². The maximum absolute atomic E-state index is 6.12. The summed E-state index contributed by atoms with van der Waals surface area (Å²) in [6.45, 7) is 8.90. The Morgan fingerprint density at radius 3 is 1.25 bits per heavy atom. The molecule has 0 saturated carbocycles. The van der Waals surface area contributed by atoms with Crippen LogP contribution in [-0.4, -0.2) is 13.4 Å². The molecule has 8 heavy (non-hydrogen) atoms. The molecule has 0 amide bonds. The molecule has 0 nitrogen and oxygen atoms in total. The van der Waals surface area contributed by atoms with Crippen molar-refractivity contribution in [2.75, 3.05) is 0 Å². The molecule has 0 rings (SSSR count). The first-order chi connectivity index (χ1) is 3.55. The van der Waals surface area contributed by atoms with E-state index in [1.54, 1.807) is 0 Å². The molecule has 0 fully saturated rings. The van der Waals surface area contributed by atoms with Crippen molar-refractivity contribution in [3.8, 4) is 0 Å². The SMILES string of the molecule is C[CH](C)[Ge]([Cl])[CH](C)C. The molecule has 1 radical (unpaired) electrons. The van der Waals surface area contributed by atoms with Crippen LogP contribution in [0.3, 0.4) is 0 Å². The van der Waals surface area contributed by atoms with Gasteiger partial charge in [0.15, 0.2) is 0 Å². The van der Waals surface area contributed by atoms with Crippen molar-refractivity contribution in [2.24, 2.45) is 0 Å². The van der Waals surface area contributed by atoms with Crippen LogP contribution in [0.25, 0.3) is 0 Å². The predicted octanol–water partition coefficient (Wildman–Crippen LogP) is 3.04. The summed E-state index contributed by atoms with van der Waals surface area (Å²) in [5, 5.41) is 0. The molecule has 0 aromatic heterocycles. The van der Waals surface area contributed by atoms with E-state index in [1.165, 1.54) is 0 Å². The number of rotatable bonds is 2. The molecule has 0 aliphatic heterocycles. The molecule has 0 N–H and O–H groups in total. The van der Waals surface area contributed by atoms with E-state index in [0.29, 0.717) is 0 Å². The van der Waals surface area contributed by atoms with Crippen molar-refractivity contribution in [1.82, 2.24) is 0 Å². The van der Waals surface area contributed by atoms with Gasteiger partial charge in [0.2, 0.25) is 0 Å². The van der Waals surface area contributed by atoms with Crippen LogP contribution >= 0.6 is 10.0 Å². The van der Waals surface area contributed by atoms with Crippen molar-refractivity contribution < 1.29 is 0 Å². The molecule has 0 atom stereocenters. The van der Waals surface area contributed by atoms with Gasteiger partial charge in [-0.15, -0.1) is 0 Å². The molecule has 0 aromatic rings. The Morgan fingerprint density at radius 2 is 1.25 bits per heavy atom. The van der Waals surface area contributed by atoms with Gasteiger partial charge < -0.3 is 0 Å². The van der Waals surface area contributed by atoms with Gasteiger partial charge in [-0.2, -0.15) is 0 Å². The molecule has 0 aromatic carbocycles. The molecule has 0 aliphatic carbocycles. The molecular weight excluding hydrogens is 180 g/mol. The fourth-order valence-corrected chi connectivity index (χ4v) is 3.46. The van der Waals surface area contributed by atoms with Gasteiger partial charge in [0.25, 0.3) is 0 Å². The molecule has 0 bridgehead atoms. The van der Waals surface area contributed by atoms with E-state index in [9.17, 15) is 0 Å². The zero-order chi connectivity index (χ0) is 6.73. The van der Waals surface area contributed by atoms with Gasteiger partial charge in [-0.25, -0.2) is 0 Å². The minimum absolute atomic E-state index is 0.775. The number of hydrogen-bond acceptors (Lipinski definition) is 0. The third-order valence-electron chi connectivity index (χ3n) is 1.10. The van der Waals surface area contributed by atoms with E-state index in [-0.39, 0.29) is 0 Å². The third-order valence-corrected chi connectivity index (χ3v) is 10.3. The van der Waals surface area contributed by atoms with Crippen LogP contribution in [0.4, 0.5) is 0 Å². The van der Waals surface area contributed by atoms with Crippen molar-refractivity contribution in [2.45, 2.75) is 37.2 Å². The van der Waals surface area contributed by atoms with Crippen LogP contribution in [0, 0.1) is 0 Å². The molecule has 0 aliphatic rings. The van der Waals surface area contributed by atoms with Gasteiger partial charge in [-0.3, -0.25) is 0 Å². The van der Waals surface area contributed by atoms with Crippen molar-refractivity contribution >= 4 is 23.4 Å². The summed E-state index contributed by atoms with van der Waals surface area (Å²) in [5.41, 5.74) is 0. The van der Waals surface area contributed by atoms with Crippen LogP contribution < -0.4 is 0 Å². The molecule has 2 heteroatoms. The second-order valence-electron chi connectivity index (χ2n) is 2.69. The second-order valence-corrected chi connectivity index (χ2v) is 11.4. The topological polar surface area (TPSA) is 0 Å². The van der Waals surface area contributed by atoms with Crippen molar-refractivity contribution in [1.29, 1.82) is 0 Å². The van der Waals surface area contributed by atoms with E-state index in [0.717, 1.165) is 9.50 Å². The Kier molecular flexibility index (Phi) is 4.18. The summed E-state index contributed by atoms with van der Waals surface area (Å²) in [4.78, 5) is 0. The van der Waals surface area contributed by atoms with Gasteiger partial charge in [0.05, 0.1) is 0 Å². The number of hydrogen-bond donors (Lipinski definition) is 0. The Balaban J connectivity index is 3.46. The molecule has 49 valence electrons. The predicted molar refractivity (Wildman–Crippen MR) is 41.8 cm³/mol. The molecular formula is C6H14ClGe. The summed E-state index contributed by atoms with van der Waals surface area (Å²) in [6.07, 6.45) is 0. The Labute approximate surface area is 60.9 Å². The average Bonchev–Trinajstić information content (AvgIpc) is 1.64. The monoisotopic (exact) mass is 195 g/mol. The molecule has 0 heterocycles. The zero-order valence-electron chi connectivity index (χ0n) is 6.03. The fraction of sp³-hybridized carbons (Fsp3) is 1.00. The zero-order valence-corrected chi connectivity index (χ0v) is 8.89. The third kappa shape index (κ3) is 2.98. The van der Waals surface area contributed by atoms with Crippen LogP contribution in [0.1, 0.15) is 27.7 Å². The van der Waals surface area contributed by atoms with E-state index < -0.39 is 13.4 Å². The Bertz CT molecular complexity index is 53.5. The first kappa shape index (κ1) is 8.83. The summed E-state index contributed by atoms with van der Waals surface area (Å²) < 4.78 is 1.55. The standard InChI is InChI=1S/C6H14ClGe/c1-5(2)8(7)6(3)4/h5-6H,1-4H3. The minimum atomic E-state index is -1.12. The van der Waals surface area contributed by atoms with Gasteiger partial charge in [0.1, 0.15) is 0 Å². The summed E-state index contributed by atoms with van der Waals surface area (Å²) >= 11 is -1.12. The van der Waals surface area contributed by atoms with Gasteiger partial charge in [0, 0.05) is 0 Å². The van der Waals surface area contributed by atoms with Crippen molar-refractivity contribution in [3.63, 3.8) is 0 Å². The summed E-state index contributed by atoms with van der Waals surface area (Å²) in [5.74, 6) is 0. The second kappa shape index (κ2) is 3.78. The quantitative estimate of drug-likeness (QED) is 0.593. The summed E-state index contributed by atoms with van der Waals surface area (Å²) in [7, 11) is 6.12.